The molecule has 3 amide bonds. The zero-order valence-electron chi connectivity index (χ0n) is 16.7. The van der Waals surface area contributed by atoms with Gasteiger partial charge in [0, 0.05) is 31.3 Å². The van der Waals surface area contributed by atoms with Crippen molar-refractivity contribution in [3.8, 4) is 0 Å². The highest BCUT2D eigenvalue weighted by atomic mass is 16.5. The molecular formula is C21H23N3O6. The van der Waals surface area contributed by atoms with Crippen LogP contribution in [0.2, 0.25) is 0 Å². The lowest BCUT2D eigenvalue weighted by Gasteiger charge is -2.17. The van der Waals surface area contributed by atoms with Gasteiger partial charge in [-0.15, -0.1) is 0 Å². The largest absolute Gasteiger partial charge is 0.467 e. The van der Waals surface area contributed by atoms with Gasteiger partial charge in [-0.1, -0.05) is 0 Å². The molecule has 2 N–H and O–H groups in total. The number of ether oxygens (including phenoxy) is 1. The standard InChI is InChI=1S/C21H23N3O6/c1-13(20(27)23-17-7-5-16(6-8-17)22-14(2)25)30-21(28)15-10-19(26)24(11-15)12-18-4-3-9-29-18/h3-9,13,15H,10-12H2,1-2H3,(H,22,25)(H,23,27)/t13-,15-/m0/s1. The van der Waals surface area contributed by atoms with Gasteiger partial charge in [0.15, 0.2) is 6.10 Å². The zero-order chi connectivity index (χ0) is 21.7. The molecule has 0 saturated carbocycles. The van der Waals surface area contributed by atoms with Crippen molar-refractivity contribution in [2.24, 2.45) is 5.92 Å². The minimum Gasteiger partial charge on any atom is -0.467 e. The third-order valence-electron chi connectivity index (χ3n) is 4.61. The number of hydrogen-bond acceptors (Lipinski definition) is 6. The molecule has 0 spiro atoms. The highest BCUT2D eigenvalue weighted by Crippen LogP contribution is 2.22. The predicted molar refractivity (Wildman–Crippen MR) is 107 cm³/mol. The normalized spacial score (nSPS) is 16.8. The number of nitrogens with zero attached hydrogens (tertiary/aromatic N) is 1. The van der Waals surface area contributed by atoms with E-state index in [4.69, 9.17) is 9.15 Å². The Morgan fingerprint density at radius 1 is 1.17 bits per heavy atom. The summed E-state index contributed by atoms with van der Waals surface area (Å²) in [5.74, 6) is -1.43. The highest BCUT2D eigenvalue weighted by Gasteiger charge is 2.36. The fourth-order valence-electron chi connectivity index (χ4n) is 3.08. The van der Waals surface area contributed by atoms with Crippen molar-refractivity contribution in [2.75, 3.05) is 17.2 Å². The summed E-state index contributed by atoms with van der Waals surface area (Å²) in [6, 6.07) is 10.0. The number of rotatable bonds is 7. The molecule has 9 nitrogen and oxygen atoms in total. The minimum atomic E-state index is -1.03. The van der Waals surface area contributed by atoms with Crippen LogP contribution in [0.4, 0.5) is 11.4 Å². The van der Waals surface area contributed by atoms with Crippen molar-refractivity contribution in [3.05, 3.63) is 48.4 Å². The van der Waals surface area contributed by atoms with Gasteiger partial charge in [-0.2, -0.15) is 0 Å². The van der Waals surface area contributed by atoms with E-state index in [-0.39, 0.29) is 24.8 Å². The van der Waals surface area contributed by atoms with E-state index in [9.17, 15) is 19.2 Å². The van der Waals surface area contributed by atoms with E-state index in [2.05, 4.69) is 10.6 Å². The number of furan rings is 1. The number of benzene rings is 1. The first-order valence-corrected chi connectivity index (χ1v) is 9.51. The molecule has 0 aliphatic carbocycles. The van der Waals surface area contributed by atoms with Gasteiger partial charge in [0.25, 0.3) is 5.91 Å². The smallest absolute Gasteiger partial charge is 0.312 e. The molecule has 2 atom stereocenters. The SMILES string of the molecule is CC(=O)Nc1ccc(NC(=O)[C@H](C)OC(=O)[C@H]2CC(=O)N(Cc3ccco3)C2)cc1. The van der Waals surface area contributed by atoms with Crippen LogP contribution in [0.15, 0.2) is 47.1 Å². The third kappa shape index (κ3) is 5.47. The fourth-order valence-corrected chi connectivity index (χ4v) is 3.08. The predicted octanol–water partition coefficient (Wildman–Crippen LogP) is 2.16. The van der Waals surface area contributed by atoms with Crippen molar-refractivity contribution < 1.29 is 28.3 Å². The summed E-state index contributed by atoms with van der Waals surface area (Å²) >= 11 is 0. The number of amides is 3. The first-order valence-electron chi connectivity index (χ1n) is 9.51. The molecule has 30 heavy (non-hydrogen) atoms. The van der Waals surface area contributed by atoms with Crippen molar-refractivity contribution in [1.82, 2.24) is 4.90 Å². The van der Waals surface area contributed by atoms with Gasteiger partial charge < -0.3 is 24.7 Å². The number of carbonyl (C=O) groups excluding carboxylic acids is 4. The van der Waals surface area contributed by atoms with E-state index in [1.54, 1.807) is 36.4 Å². The number of hydrogen-bond donors (Lipinski definition) is 2. The molecule has 2 heterocycles. The molecule has 1 aromatic heterocycles. The average Bonchev–Trinajstić information content (AvgIpc) is 3.33. The molecule has 1 aliphatic heterocycles. The van der Waals surface area contributed by atoms with Crippen LogP contribution in [0.3, 0.4) is 0 Å². The van der Waals surface area contributed by atoms with E-state index in [0.29, 0.717) is 23.7 Å². The van der Waals surface area contributed by atoms with Crippen molar-refractivity contribution >= 4 is 35.1 Å². The molecule has 0 unspecified atom stereocenters. The van der Waals surface area contributed by atoms with E-state index in [1.165, 1.54) is 25.0 Å². The molecule has 2 aromatic rings. The topological polar surface area (TPSA) is 118 Å². The van der Waals surface area contributed by atoms with E-state index >= 15 is 0 Å². The Hall–Kier alpha value is -3.62. The maximum absolute atomic E-state index is 12.4. The van der Waals surface area contributed by atoms with E-state index < -0.39 is 23.9 Å². The van der Waals surface area contributed by atoms with Crippen molar-refractivity contribution in [2.45, 2.75) is 32.9 Å². The molecule has 1 fully saturated rings. The van der Waals surface area contributed by atoms with Crippen LogP contribution in [0.1, 0.15) is 26.0 Å². The van der Waals surface area contributed by atoms with Crippen LogP contribution in [-0.4, -0.2) is 41.2 Å². The lowest BCUT2D eigenvalue weighted by molar-refractivity contribution is -0.157. The number of carbonyl (C=O) groups is 4. The lowest BCUT2D eigenvalue weighted by atomic mass is 10.1. The van der Waals surface area contributed by atoms with Crippen LogP contribution < -0.4 is 10.6 Å². The van der Waals surface area contributed by atoms with Crippen LogP contribution in [-0.2, 0) is 30.5 Å². The zero-order valence-corrected chi connectivity index (χ0v) is 16.7. The number of esters is 1. The molecule has 1 saturated heterocycles. The molecule has 1 aromatic carbocycles. The molecule has 0 bridgehead atoms. The summed E-state index contributed by atoms with van der Waals surface area (Å²) in [5, 5.41) is 5.27. The van der Waals surface area contributed by atoms with E-state index in [1.807, 2.05) is 0 Å². The molecular weight excluding hydrogens is 390 g/mol. The van der Waals surface area contributed by atoms with E-state index in [0.717, 1.165) is 0 Å². The second-order valence-corrected chi connectivity index (χ2v) is 7.08. The van der Waals surface area contributed by atoms with Crippen LogP contribution in [0, 0.1) is 5.92 Å². The maximum atomic E-state index is 12.4. The van der Waals surface area contributed by atoms with Gasteiger partial charge in [0.1, 0.15) is 5.76 Å². The van der Waals surface area contributed by atoms with Gasteiger partial charge in [0.2, 0.25) is 11.8 Å². The molecule has 9 heteroatoms. The van der Waals surface area contributed by atoms with Gasteiger partial charge in [0.05, 0.1) is 18.7 Å². The summed E-state index contributed by atoms with van der Waals surface area (Å²) in [7, 11) is 0. The Morgan fingerprint density at radius 2 is 1.83 bits per heavy atom. The van der Waals surface area contributed by atoms with Gasteiger partial charge in [-0.05, 0) is 43.3 Å². The minimum absolute atomic E-state index is 0.0402. The average molecular weight is 413 g/mol. The molecule has 1 aliphatic rings. The summed E-state index contributed by atoms with van der Waals surface area (Å²) in [4.78, 5) is 49.4. The first kappa shape index (κ1) is 21.1. The third-order valence-corrected chi connectivity index (χ3v) is 4.61. The van der Waals surface area contributed by atoms with Crippen molar-refractivity contribution in [1.29, 1.82) is 0 Å². The van der Waals surface area contributed by atoms with Crippen molar-refractivity contribution in [3.63, 3.8) is 0 Å². The van der Waals surface area contributed by atoms with Crippen LogP contribution in [0.5, 0.6) is 0 Å². The number of nitrogens with one attached hydrogen (secondary N) is 2. The number of anilines is 2. The van der Waals surface area contributed by atoms with Gasteiger partial charge in [-0.25, -0.2) is 0 Å². The fraction of sp³-hybridized carbons (Fsp3) is 0.333. The van der Waals surface area contributed by atoms with Gasteiger partial charge >= 0.3 is 5.97 Å². The van der Waals surface area contributed by atoms with Gasteiger partial charge in [-0.3, -0.25) is 19.2 Å². The molecule has 158 valence electrons. The molecule has 0 radical (unpaired) electrons. The van der Waals surface area contributed by atoms with Crippen LogP contribution >= 0.6 is 0 Å². The Balaban J connectivity index is 1.49. The molecule has 3 rings (SSSR count). The second-order valence-electron chi connectivity index (χ2n) is 7.08. The Labute approximate surface area is 173 Å². The first-order chi connectivity index (χ1) is 14.3. The summed E-state index contributed by atoms with van der Waals surface area (Å²) < 4.78 is 10.5. The Morgan fingerprint density at radius 3 is 2.43 bits per heavy atom. The summed E-state index contributed by atoms with van der Waals surface area (Å²) in [6.07, 6.45) is 0.537. The highest BCUT2D eigenvalue weighted by molar-refractivity contribution is 5.96. The second kappa shape index (κ2) is 9.25. The number of likely N-dealkylation sites (tertiary alicyclic amines) is 1. The maximum Gasteiger partial charge on any atom is 0.312 e. The Bertz CT molecular complexity index is 923. The lowest BCUT2D eigenvalue weighted by Crippen LogP contribution is -2.33. The summed E-state index contributed by atoms with van der Waals surface area (Å²) in [5.41, 5.74) is 1.10. The van der Waals surface area contributed by atoms with Crippen LogP contribution in [0.25, 0.3) is 0 Å². The quantitative estimate of drug-likeness (QED) is 0.672. The summed E-state index contributed by atoms with van der Waals surface area (Å²) in [6.45, 7) is 3.38. The monoisotopic (exact) mass is 413 g/mol. The Kier molecular flexibility index (Phi) is 6.51.